The van der Waals surface area contributed by atoms with Crippen LogP contribution in [0.2, 0.25) is 5.02 Å². The highest BCUT2D eigenvalue weighted by Crippen LogP contribution is 2.47. The lowest BCUT2D eigenvalue weighted by atomic mass is 9.81. The Morgan fingerprint density at radius 2 is 2.21 bits per heavy atom. The molecule has 1 atom stereocenters. The third kappa shape index (κ3) is 3.25. The molecular formula is C19H20ClN3O4S. The topological polar surface area (TPSA) is 83.0 Å². The van der Waals surface area contributed by atoms with Gasteiger partial charge in [-0.05, 0) is 30.2 Å². The van der Waals surface area contributed by atoms with E-state index < -0.39 is 0 Å². The number of aliphatic hydroxyl groups is 1. The van der Waals surface area contributed by atoms with E-state index in [2.05, 4.69) is 4.98 Å². The first-order valence-corrected chi connectivity index (χ1v) is 10.2. The van der Waals surface area contributed by atoms with Gasteiger partial charge in [-0.2, -0.15) is 0 Å². The number of nitrogens with zero attached hydrogens (tertiary/aromatic N) is 3. The van der Waals surface area contributed by atoms with Gasteiger partial charge in [0, 0.05) is 41.1 Å². The highest BCUT2D eigenvalue weighted by Gasteiger charge is 2.50. The van der Waals surface area contributed by atoms with Crippen LogP contribution in [0.15, 0.2) is 23.6 Å². The third-order valence-electron chi connectivity index (χ3n) is 5.43. The summed E-state index contributed by atoms with van der Waals surface area (Å²) in [6.07, 6.45) is 0.554. The summed E-state index contributed by atoms with van der Waals surface area (Å²) in [7, 11) is 1.37. The highest BCUT2D eigenvalue weighted by atomic mass is 35.5. The van der Waals surface area contributed by atoms with Crippen molar-refractivity contribution in [3.8, 4) is 0 Å². The molecule has 1 fully saturated rings. The highest BCUT2D eigenvalue weighted by molar-refractivity contribution is 7.09. The maximum absolute atomic E-state index is 13.1. The van der Waals surface area contributed by atoms with Gasteiger partial charge in [-0.15, -0.1) is 11.3 Å². The monoisotopic (exact) mass is 421 g/mol. The zero-order valence-electron chi connectivity index (χ0n) is 15.4. The molecular weight excluding hydrogens is 402 g/mol. The van der Waals surface area contributed by atoms with Crippen molar-refractivity contribution < 1.29 is 19.4 Å². The summed E-state index contributed by atoms with van der Waals surface area (Å²) >= 11 is 7.61. The van der Waals surface area contributed by atoms with E-state index in [0.29, 0.717) is 35.4 Å². The third-order valence-corrected chi connectivity index (χ3v) is 6.57. The summed E-state index contributed by atoms with van der Waals surface area (Å²) in [5.41, 5.74) is 2.06. The van der Waals surface area contributed by atoms with E-state index in [1.165, 1.54) is 18.4 Å². The molecule has 1 aromatic carbocycles. The van der Waals surface area contributed by atoms with Gasteiger partial charge in [0.05, 0.1) is 25.8 Å². The first-order chi connectivity index (χ1) is 13.5. The van der Waals surface area contributed by atoms with Crippen molar-refractivity contribution in [3.05, 3.63) is 44.9 Å². The normalized spacial score (nSPS) is 20.7. The van der Waals surface area contributed by atoms with Crippen LogP contribution in [0.3, 0.4) is 0 Å². The van der Waals surface area contributed by atoms with Gasteiger partial charge in [-0.1, -0.05) is 11.6 Å². The molecule has 1 N–H and O–H groups in total. The van der Waals surface area contributed by atoms with Gasteiger partial charge < -0.3 is 19.6 Å². The second-order valence-electron chi connectivity index (χ2n) is 7.13. The van der Waals surface area contributed by atoms with Gasteiger partial charge >= 0.3 is 6.09 Å². The van der Waals surface area contributed by atoms with Crippen LogP contribution in [0.4, 0.5) is 10.5 Å². The summed E-state index contributed by atoms with van der Waals surface area (Å²) in [6.45, 7) is 1.42. The van der Waals surface area contributed by atoms with Crippen molar-refractivity contribution in [2.45, 2.75) is 24.9 Å². The van der Waals surface area contributed by atoms with Crippen LogP contribution in [0.1, 0.15) is 22.7 Å². The number of amides is 2. The van der Waals surface area contributed by atoms with Gasteiger partial charge in [-0.25, -0.2) is 9.78 Å². The molecule has 1 spiro atoms. The number of methoxy groups -OCH3 is 1. The van der Waals surface area contributed by atoms with E-state index >= 15 is 0 Å². The van der Waals surface area contributed by atoms with Gasteiger partial charge in [0.1, 0.15) is 5.01 Å². The Bertz CT molecular complexity index is 934. The molecule has 2 aromatic rings. The van der Waals surface area contributed by atoms with Crippen molar-refractivity contribution in [1.82, 2.24) is 9.88 Å². The fourth-order valence-electron chi connectivity index (χ4n) is 4.10. The molecule has 3 heterocycles. The lowest BCUT2D eigenvalue weighted by molar-refractivity contribution is -0.118. The molecule has 2 amide bonds. The number of ether oxygens (including phenoxy) is 1. The number of thiazole rings is 1. The molecule has 1 unspecified atom stereocenters. The van der Waals surface area contributed by atoms with Crippen LogP contribution in [0, 0.1) is 0 Å². The predicted molar refractivity (Wildman–Crippen MR) is 106 cm³/mol. The number of halogens is 1. The summed E-state index contributed by atoms with van der Waals surface area (Å²) in [5, 5.41) is 12.2. The molecule has 1 aromatic heterocycles. The zero-order valence-corrected chi connectivity index (χ0v) is 16.9. The number of benzene rings is 1. The van der Waals surface area contributed by atoms with Crippen LogP contribution in [-0.2, 0) is 28.0 Å². The smallest absolute Gasteiger partial charge is 0.409 e. The fraction of sp³-hybridized carbons (Fsp3) is 0.421. The number of hydrogen-bond acceptors (Lipinski definition) is 6. The van der Waals surface area contributed by atoms with E-state index in [-0.39, 0.29) is 30.4 Å². The Balaban J connectivity index is 1.62. The average molecular weight is 422 g/mol. The molecule has 4 rings (SSSR count). The van der Waals surface area contributed by atoms with E-state index in [9.17, 15) is 14.7 Å². The molecule has 1 saturated heterocycles. The largest absolute Gasteiger partial charge is 0.453 e. The SMILES string of the molecule is COC(=O)N1CCC2(C1)CN(C(=O)Cc1nc(CO)cs1)c1ccc(Cl)cc12. The van der Waals surface area contributed by atoms with Gasteiger partial charge in [-0.3, -0.25) is 4.79 Å². The number of carbonyl (C=O) groups is 2. The minimum absolute atomic E-state index is 0.0594. The Kier molecular flexibility index (Phi) is 5.03. The minimum atomic E-state index is -0.357. The van der Waals surface area contributed by atoms with Gasteiger partial charge in [0.25, 0.3) is 0 Å². The lowest BCUT2D eigenvalue weighted by Gasteiger charge is -2.25. The van der Waals surface area contributed by atoms with Gasteiger partial charge in [0.2, 0.25) is 5.91 Å². The second kappa shape index (κ2) is 7.35. The molecule has 2 aliphatic heterocycles. The quantitative estimate of drug-likeness (QED) is 0.823. The molecule has 28 heavy (non-hydrogen) atoms. The number of fused-ring (bicyclic) bond motifs is 2. The van der Waals surface area contributed by atoms with Crippen molar-refractivity contribution in [1.29, 1.82) is 0 Å². The van der Waals surface area contributed by atoms with Crippen LogP contribution < -0.4 is 4.90 Å². The van der Waals surface area contributed by atoms with E-state index in [1.807, 2.05) is 12.1 Å². The van der Waals surface area contributed by atoms with Crippen LogP contribution in [0.5, 0.6) is 0 Å². The number of likely N-dealkylation sites (tertiary alicyclic amines) is 1. The predicted octanol–water partition coefficient (Wildman–Crippen LogP) is 2.59. The van der Waals surface area contributed by atoms with Crippen molar-refractivity contribution in [2.24, 2.45) is 0 Å². The van der Waals surface area contributed by atoms with E-state index in [1.54, 1.807) is 21.2 Å². The Labute approximate surface area is 171 Å². The Morgan fingerprint density at radius 1 is 1.39 bits per heavy atom. The molecule has 7 nitrogen and oxygen atoms in total. The second-order valence-corrected chi connectivity index (χ2v) is 8.51. The molecule has 0 radical (unpaired) electrons. The Hall–Kier alpha value is -2.16. The van der Waals surface area contributed by atoms with Gasteiger partial charge in [0.15, 0.2) is 0 Å². The summed E-state index contributed by atoms with van der Waals surface area (Å²) in [4.78, 5) is 32.8. The summed E-state index contributed by atoms with van der Waals surface area (Å²) < 4.78 is 4.87. The minimum Gasteiger partial charge on any atom is -0.453 e. The van der Waals surface area contributed by atoms with Crippen LogP contribution in [-0.4, -0.2) is 53.7 Å². The standard InChI is InChI=1S/C19H20ClN3O4S/c1-27-18(26)22-5-4-19(10-22)11-23(15-3-2-12(20)6-14(15)19)17(25)7-16-21-13(8-24)9-28-16/h2-3,6,9,24H,4-5,7-8,10-11H2,1H3. The molecule has 0 bridgehead atoms. The van der Waals surface area contributed by atoms with Crippen molar-refractivity contribution >= 4 is 40.6 Å². The number of carbonyl (C=O) groups excluding carboxylic acids is 2. The lowest BCUT2D eigenvalue weighted by Crippen LogP contribution is -2.40. The maximum atomic E-state index is 13.1. The fourth-order valence-corrected chi connectivity index (χ4v) is 5.05. The number of rotatable bonds is 3. The molecule has 9 heteroatoms. The number of hydrogen-bond donors (Lipinski definition) is 1. The Morgan fingerprint density at radius 3 is 2.93 bits per heavy atom. The van der Waals surface area contributed by atoms with Crippen LogP contribution in [0.25, 0.3) is 0 Å². The van der Waals surface area contributed by atoms with Crippen molar-refractivity contribution in [3.63, 3.8) is 0 Å². The number of aliphatic hydroxyl groups excluding tert-OH is 1. The molecule has 0 aliphatic carbocycles. The van der Waals surface area contributed by atoms with Crippen molar-refractivity contribution in [2.75, 3.05) is 31.6 Å². The van der Waals surface area contributed by atoms with Crippen LogP contribution >= 0.6 is 22.9 Å². The average Bonchev–Trinajstić information content (AvgIpc) is 3.40. The molecule has 2 aliphatic rings. The zero-order chi connectivity index (χ0) is 19.9. The van der Waals surface area contributed by atoms with E-state index in [4.69, 9.17) is 16.3 Å². The summed E-state index contributed by atoms with van der Waals surface area (Å²) in [6, 6.07) is 5.55. The first-order valence-electron chi connectivity index (χ1n) is 8.93. The number of anilines is 1. The van der Waals surface area contributed by atoms with E-state index in [0.717, 1.165) is 17.7 Å². The first kappa shape index (κ1) is 19.2. The molecule has 148 valence electrons. The number of aromatic nitrogens is 1. The maximum Gasteiger partial charge on any atom is 0.409 e. The summed E-state index contributed by atoms with van der Waals surface area (Å²) in [5.74, 6) is -0.0594. The molecule has 0 saturated carbocycles.